The zero-order valence-corrected chi connectivity index (χ0v) is 15.4. The first kappa shape index (κ1) is 24.8. The summed E-state index contributed by atoms with van der Waals surface area (Å²) >= 11 is 0. The van der Waals surface area contributed by atoms with Crippen LogP contribution < -0.4 is 35.3 Å². The Balaban J connectivity index is -0.000000313. The van der Waals surface area contributed by atoms with Crippen molar-refractivity contribution in [1.29, 1.82) is 0 Å². The fraction of sp³-hybridized carbons (Fsp3) is 1.00. The van der Waals surface area contributed by atoms with Crippen LogP contribution in [0.5, 0.6) is 0 Å². The molecule has 0 spiro atoms. The summed E-state index contributed by atoms with van der Waals surface area (Å²) in [6.07, 6.45) is 9.79. The minimum atomic E-state index is -4.13. The molecule has 1 atom stereocenters. The number of rotatable bonds is 9. The molecule has 0 rings (SSSR count). The van der Waals surface area contributed by atoms with Crippen molar-refractivity contribution in [2.75, 3.05) is 5.88 Å². The molecule has 0 aromatic heterocycles. The largest absolute Gasteiger partial charge is 1.00 e. The van der Waals surface area contributed by atoms with E-state index >= 15 is 0 Å². The van der Waals surface area contributed by atoms with Gasteiger partial charge < -0.3 is 15.4 Å². The molecule has 0 saturated carbocycles. The maximum Gasteiger partial charge on any atom is 1.00 e. The molecule has 0 aromatic rings. The molecule has 19 heavy (non-hydrogen) atoms. The van der Waals surface area contributed by atoms with Crippen molar-refractivity contribution < 1.29 is 47.6 Å². The zero-order valence-electron chi connectivity index (χ0n) is 12.6. The average Bonchev–Trinajstić information content (AvgIpc) is 2.33. The second-order valence-electron chi connectivity index (χ2n) is 4.34. The van der Waals surface area contributed by atoms with Crippen LogP contribution >= 0.6 is 0 Å². The predicted molar refractivity (Wildman–Crippen MR) is 73.0 cm³/mol. The van der Waals surface area contributed by atoms with Crippen LogP contribution in [-0.4, -0.2) is 30.1 Å². The van der Waals surface area contributed by atoms with E-state index in [0.717, 1.165) is 12.8 Å². The molecule has 5 nitrogen and oxygen atoms in total. The third kappa shape index (κ3) is 27.9. The molecule has 0 fully saturated rings. The van der Waals surface area contributed by atoms with Gasteiger partial charge in [0.05, 0.1) is 12.0 Å². The Kier molecular flexibility index (Phi) is 22.1. The fourth-order valence-corrected chi connectivity index (χ4v) is 1.36. The summed E-state index contributed by atoms with van der Waals surface area (Å²) < 4.78 is 28.0. The van der Waals surface area contributed by atoms with E-state index in [1.54, 1.807) is 0 Å². The van der Waals surface area contributed by atoms with Gasteiger partial charge in [0, 0.05) is 0 Å². The Morgan fingerprint density at radius 1 is 1.11 bits per heavy atom. The van der Waals surface area contributed by atoms with Gasteiger partial charge in [0.2, 0.25) is 0 Å². The molecule has 7 heteroatoms. The molecule has 0 aliphatic rings. The molecular weight excluding hydrogens is 277 g/mol. The molecule has 0 bridgehead atoms. The van der Waals surface area contributed by atoms with Gasteiger partial charge in [-0.05, 0) is 12.8 Å². The van der Waals surface area contributed by atoms with Gasteiger partial charge in [0.15, 0.2) is 0 Å². The topological polar surface area (TPSA) is 103 Å². The molecule has 112 valence electrons. The van der Waals surface area contributed by atoms with Gasteiger partial charge in [-0.25, -0.2) is 8.42 Å². The van der Waals surface area contributed by atoms with Gasteiger partial charge in [-0.1, -0.05) is 52.4 Å². The number of unbranched alkanes of at least 4 members (excludes halogenated alkanes) is 5. The zero-order chi connectivity index (χ0) is 14.4. The summed E-state index contributed by atoms with van der Waals surface area (Å²) in [5, 5.41) is 9.26. The van der Waals surface area contributed by atoms with Crippen LogP contribution in [0.25, 0.3) is 0 Å². The smallest absolute Gasteiger partial charge is 0.747 e. The standard InChI is InChI=1S/C11H24O.CH5NO3S.Na/c1-3-5-6-7-8-9-10-11(12)4-2;2-1-6(3,4)5;/h11-12H,3-10H2,1-2H3;1-2H2,(H,3,4,5);/q;;+1/p-1. The molecule has 0 aromatic carbocycles. The molecule has 1 unspecified atom stereocenters. The minimum absolute atomic E-state index is 0. The van der Waals surface area contributed by atoms with Gasteiger partial charge in [0.1, 0.15) is 10.1 Å². The Bertz CT molecular complexity index is 260. The van der Waals surface area contributed by atoms with E-state index < -0.39 is 16.0 Å². The van der Waals surface area contributed by atoms with Crippen molar-refractivity contribution in [2.45, 2.75) is 71.3 Å². The van der Waals surface area contributed by atoms with E-state index in [4.69, 9.17) is 0 Å². The number of nitrogens with two attached hydrogens (primary N) is 1. The van der Waals surface area contributed by atoms with Crippen LogP contribution in [0.2, 0.25) is 0 Å². The number of hydrogen-bond acceptors (Lipinski definition) is 5. The van der Waals surface area contributed by atoms with Gasteiger partial charge in [-0.3, -0.25) is 0 Å². The van der Waals surface area contributed by atoms with E-state index in [9.17, 15) is 18.1 Å². The van der Waals surface area contributed by atoms with E-state index in [1.165, 1.54) is 38.5 Å². The van der Waals surface area contributed by atoms with E-state index in [1.807, 2.05) is 6.92 Å². The molecule has 0 radical (unpaired) electrons. The second-order valence-corrected chi connectivity index (χ2v) is 5.79. The number of aliphatic hydroxyl groups excluding tert-OH is 1. The summed E-state index contributed by atoms with van der Waals surface area (Å²) in [6, 6.07) is 0. The summed E-state index contributed by atoms with van der Waals surface area (Å²) in [5.74, 6) is -0.812. The van der Waals surface area contributed by atoms with Gasteiger partial charge >= 0.3 is 29.6 Å². The first-order valence-corrected chi connectivity index (χ1v) is 8.26. The fourth-order valence-electron chi connectivity index (χ4n) is 1.36. The maximum absolute atomic E-state index is 9.32. The minimum Gasteiger partial charge on any atom is -0.747 e. The van der Waals surface area contributed by atoms with E-state index in [0.29, 0.717) is 0 Å². The molecular formula is C12H28NNaO4S. The van der Waals surface area contributed by atoms with Crippen molar-refractivity contribution >= 4 is 10.1 Å². The Labute approximate surface area is 140 Å². The number of aliphatic hydroxyl groups is 1. The third-order valence-electron chi connectivity index (χ3n) is 2.57. The molecule has 0 aliphatic carbocycles. The molecule has 0 saturated heterocycles. The summed E-state index contributed by atoms with van der Waals surface area (Å²) in [6.45, 7) is 4.28. The van der Waals surface area contributed by atoms with Crippen molar-refractivity contribution in [1.82, 2.24) is 0 Å². The average molecular weight is 305 g/mol. The van der Waals surface area contributed by atoms with Crippen LogP contribution in [0.4, 0.5) is 0 Å². The molecule has 3 N–H and O–H groups in total. The summed E-state index contributed by atoms with van der Waals surface area (Å²) in [5.41, 5.74) is 4.41. The van der Waals surface area contributed by atoms with Crippen LogP contribution in [0.1, 0.15) is 65.2 Å². The van der Waals surface area contributed by atoms with Crippen molar-refractivity contribution in [2.24, 2.45) is 5.73 Å². The van der Waals surface area contributed by atoms with E-state index in [-0.39, 0.29) is 35.7 Å². The summed E-state index contributed by atoms with van der Waals surface area (Å²) in [7, 11) is -4.13. The monoisotopic (exact) mass is 305 g/mol. The number of hydrogen-bond donors (Lipinski definition) is 2. The predicted octanol–water partition coefficient (Wildman–Crippen LogP) is -1.04. The van der Waals surface area contributed by atoms with Gasteiger partial charge in [-0.15, -0.1) is 0 Å². The van der Waals surface area contributed by atoms with Crippen LogP contribution in [-0.2, 0) is 10.1 Å². The molecule has 0 amide bonds. The van der Waals surface area contributed by atoms with Crippen LogP contribution in [0.15, 0.2) is 0 Å². The Hall–Kier alpha value is 0.830. The van der Waals surface area contributed by atoms with Crippen LogP contribution in [0.3, 0.4) is 0 Å². The van der Waals surface area contributed by atoms with E-state index in [2.05, 4.69) is 12.7 Å². The summed E-state index contributed by atoms with van der Waals surface area (Å²) in [4.78, 5) is 0. The Morgan fingerprint density at radius 2 is 1.53 bits per heavy atom. The Morgan fingerprint density at radius 3 is 1.89 bits per heavy atom. The molecule has 0 aliphatic heterocycles. The first-order valence-electron chi connectivity index (χ1n) is 6.69. The van der Waals surface area contributed by atoms with Crippen molar-refractivity contribution in [3.63, 3.8) is 0 Å². The maximum atomic E-state index is 9.32. The normalized spacial score (nSPS) is 12.1. The molecule has 0 heterocycles. The first-order chi connectivity index (χ1) is 8.37. The quantitative estimate of drug-likeness (QED) is 0.322. The van der Waals surface area contributed by atoms with Crippen LogP contribution in [0, 0.1) is 0 Å². The SMILES string of the molecule is CCCCCCCCC(O)CC.NCS(=O)(=O)[O-].[Na+]. The third-order valence-corrected chi connectivity index (χ3v) is 2.97. The van der Waals surface area contributed by atoms with Crippen molar-refractivity contribution in [3.05, 3.63) is 0 Å². The van der Waals surface area contributed by atoms with Gasteiger partial charge in [0.25, 0.3) is 0 Å². The second kappa shape index (κ2) is 16.9. The van der Waals surface area contributed by atoms with Crippen molar-refractivity contribution in [3.8, 4) is 0 Å². The van der Waals surface area contributed by atoms with Gasteiger partial charge in [-0.2, -0.15) is 0 Å².